The van der Waals surface area contributed by atoms with Gasteiger partial charge in [-0.1, -0.05) is 30.3 Å². The van der Waals surface area contributed by atoms with Gasteiger partial charge in [0.2, 0.25) is 0 Å². The van der Waals surface area contributed by atoms with Gasteiger partial charge in [0, 0.05) is 12.0 Å². The third-order valence-corrected chi connectivity index (χ3v) is 3.47. The molecule has 1 heterocycles. The zero-order valence-electron chi connectivity index (χ0n) is 12.9. The first-order chi connectivity index (χ1) is 11.7. The quantitative estimate of drug-likeness (QED) is 0.639. The van der Waals surface area contributed by atoms with Crippen LogP contribution in [0.1, 0.15) is 17.9 Å². The summed E-state index contributed by atoms with van der Waals surface area (Å²) in [6, 6.07) is 15.5. The molecule has 0 aliphatic rings. The number of rotatable bonds is 6. The minimum Gasteiger partial charge on any atom is -0.461 e. The summed E-state index contributed by atoms with van der Waals surface area (Å²) in [6.45, 7) is 0.256. The van der Waals surface area contributed by atoms with E-state index in [1.54, 1.807) is 18.3 Å². The molecule has 0 fully saturated rings. The van der Waals surface area contributed by atoms with E-state index >= 15 is 0 Å². The Hall–Kier alpha value is -2.95. The molecule has 3 aromatic rings. The van der Waals surface area contributed by atoms with Crippen LogP contribution in [-0.4, -0.2) is 11.0 Å². The largest absolute Gasteiger partial charge is 0.461 e. The van der Waals surface area contributed by atoms with Crippen LogP contribution in [0.25, 0.3) is 11.3 Å². The Morgan fingerprint density at radius 2 is 1.83 bits per heavy atom. The Balaban J connectivity index is 1.50. The average Bonchev–Trinajstić information content (AvgIpc) is 3.09. The van der Waals surface area contributed by atoms with Gasteiger partial charge in [-0.05, 0) is 29.8 Å². The number of hydrogen-bond acceptors (Lipinski definition) is 4. The van der Waals surface area contributed by atoms with Gasteiger partial charge in [0.1, 0.15) is 12.4 Å². The fraction of sp³-hybridized carbons (Fsp3) is 0.158. The van der Waals surface area contributed by atoms with Crippen molar-refractivity contribution in [2.24, 2.45) is 0 Å². The van der Waals surface area contributed by atoms with E-state index < -0.39 is 0 Å². The molecule has 0 N–H and O–H groups in total. The van der Waals surface area contributed by atoms with Gasteiger partial charge in [0.15, 0.2) is 11.7 Å². The van der Waals surface area contributed by atoms with Crippen molar-refractivity contribution >= 4 is 5.97 Å². The van der Waals surface area contributed by atoms with Crippen LogP contribution in [0.5, 0.6) is 0 Å². The number of benzene rings is 2. The van der Waals surface area contributed by atoms with Gasteiger partial charge in [-0.15, -0.1) is 0 Å². The maximum absolute atomic E-state index is 12.9. The minimum absolute atomic E-state index is 0.191. The van der Waals surface area contributed by atoms with E-state index in [9.17, 15) is 9.18 Å². The summed E-state index contributed by atoms with van der Waals surface area (Å²) in [5, 5.41) is 0. The molecule has 0 amide bonds. The van der Waals surface area contributed by atoms with Crippen molar-refractivity contribution < 1.29 is 18.3 Å². The first kappa shape index (κ1) is 15.9. The van der Waals surface area contributed by atoms with E-state index in [4.69, 9.17) is 9.15 Å². The van der Waals surface area contributed by atoms with Crippen LogP contribution in [-0.2, 0) is 22.6 Å². The standard InChI is InChI=1S/C19H16FNO3/c20-16-8-6-15(7-9-16)17-12-21-18(24-17)10-11-19(22)23-13-14-4-2-1-3-5-14/h1-9,12H,10-11,13H2. The summed E-state index contributed by atoms with van der Waals surface area (Å²) in [7, 11) is 0. The van der Waals surface area contributed by atoms with Crippen LogP contribution in [0, 0.1) is 5.82 Å². The molecule has 0 aliphatic heterocycles. The monoisotopic (exact) mass is 325 g/mol. The van der Waals surface area contributed by atoms with Crippen molar-refractivity contribution in [2.45, 2.75) is 19.4 Å². The van der Waals surface area contributed by atoms with Crippen molar-refractivity contribution in [1.82, 2.24) is 4.98 Å². The number of hydrogen-bond donors (Lipinski definition) is 0. The number of halogens is 1. The third kappa shape index (κ3) is 4.29. The molecule has 0 saturated carbocycles. The lowest BCUT2D eigenvalue weighted by molar-refractivity contribution is -0.145. The normalized spacial score (nSPS) is 10.5. The lowest BCUT2D eigenvalue weighted by atomic mass is 10.2. The number of oxazole rings is 1. The minimum atomic E-state index is -0.306. The van der Waals surface area contributed by atoms with Crippen molar-refractivity contribution in [3.63, 3.8) is 0 Å². The molecule has 1 aromatic heterocycles. The smallest absolute Gasteiger partial charge is 0.306 e. The Kier molecular flexibility index (Phi) is 5.01. The molecular formula is C19H16FNO3. The van der Waals surface area contributed by atoms with E-state index in [-0.39, 0.29) is 24.8 Å². The zero-order valence-corrected chi connectivity index (χ0v) is 12.9. The van der Waals surface area contributed by atoms with Crippen molar-refractivity contribution in [2.75, 3.05) is 0 Å². The van der Waals surface area contributed by atoms with Crippen LogP contribution in [0.15, 0.2) is 65.2 Å². The highest BCUT2D eigenvalue weighted by Gasteiger charge is 2.10. The second-order valence-corrected chi connectivity index (χ2v) is 5.27. The van der Waals surface area contributed by atoms with Crippen molar-refractivity contribution in [3.05, 3.63) is 78.1 Å². The predicted octanol–water partition coefficient (Wildman–Crippen LogP) is 4.16. The number of aromatic nitrogens is 1. The van der Waals surface area contributed by atoms with Crippen molar-refractivity contribution in [3.8, 4) is 11.3 Å². The van der Waals surface area contributed by atoms with Crippen LogP contribution < -0.4 is 0 Å². The third-order valence-electron chi connectivity index (χ3n) is 3.47. The maximum atomic E-state index is 12.9. The van der Waals surface area contributed by atoms with Gasteiger partial charge in [-0.2, -0.15) is 0 Å². The fourth-order valence-electron chi connectivity index (χ4n) is 2.19. The second kappa shape index (κ2) is 7.55. The maximum Gasteiger partial charge on any atom is 0.306 e. The van der Waals surface area contributed by atoms with Gasteiger partial charge in [-0.3, -0.25) is 4.79 Å². The Bertz CT molecular complexity index is 797. The fourth-order valence-corrected chi connectivity index (χ4v) is 2.19. The number of carbonyl (C=O) groups excluding carboxylic acids is 1. The van der Waals surface area contributed by atoms with Gasteiger partial charge in [0.05, 0.1) is 12.6 Å². The zero-order chi connectivity index (χ0) is 16.8. The molecule has 0 atom stereocenters. The second-order valence-electron chi connectivity index (χ2n) is 5.27. The number of carbonyl (C=O) groups is 1. The summed E-state index contributed by atoms with van der Waals surface area (Å²) >= 11 is 0. The Labute approximate surface area is 138 Å². The molecule has 3 rings (SSSR count). The molecule has 0 bridgehead atoms. The number of aryl methyl sites for hydroxylation is 1. The highest BCUT2D eigenvalue weighted by Crippen LogP contribution is 2.21. The molecule has 0 aliphatic carbocycles. The van der Waals surface area contributed by atoms with E-state index in [0.29, 0.717) is 18.1 Å². The van der Waals surface area contributed by atoms with Gasteiger partial charge >= 0.3 is 5.97 Å². The molecule has 5 heteroatoms. The Morgan fingerprint density at radius 3 is 2.58 bits per heavy atom. The van der Waals surface area contributed by atoms with E-state index in [0.717, 1.165) is 11.1 Å². The summed E-state index contributed by atoms with van der Waals surface area (Å²) in [5.41, 5.74) is 1.68. The first-order valence-corrected chi connectivity index (χ1v) is 7.61. The molecule has 4 nitrogen and oxygen atoms in total. The predicted molar refractivity (Wildman–Crippen MR) is 86.5 cm³/mol. The number of nitrogens with zero attached hydrogens (tertiary/aromatic N) is 1. The molecule has 0 unspecified atom stereocenters. The van der Waals surface area contributed by atoms with Crippen LogP contribution in [0.3, 0.4) is 0 Å². The lowest BCUT2D eigenvalue weighted by Crippen LogP contribution is -2.05. The molecular weight excluding hydrogens is 309 g/mol. The first-order valence-electron chi connectivity index (χ1n) is 7.61. The highest BCUT2D eigenvalue weighted by atomic mass is 19.1. The number of ether oxygens (including phenoxy) is 1. The molecule has 24 heavy (non-hydrogen) atoms. The summed E-state index contributed by atoms with van der Waals surface area (Å²) in [4.78, 5) is 15.9. The summed E-state index contributed by atoms with van der Waals surface area (Å²) in [5.74, 6) is 0.383. The summed E-state index contributed by atoms with van der Waals surface area (Å²) < 4.78 is 23.7. The highest BCUT2D eigenvalue weighted by molar-refractivity contribution is 5.69. The van der Waals surface area contributed by atoms with E-state index in [1.165, 1.54) is 12.1 Å². The molecule has 0 radical (unpaired) electrons. The lowest BCUT2D eigenvalue weighted by Gasteiger charge is -2.03. The molecule has 122 valence electrons. The Morgan fingerprint density at radius 1 is 1.08 bits per heavy atom. The molecule has 0 spiro atoms. The summed E-state index contributed by atoms with van der Waals surface area (Å²) in [6.07, 6.45) is 2.11. The van der Waals surface area contributed by atoms with Crippen LogP contribution in [0.2, 0.25) is 0 Å². The van der Waals surface area contributed by atoms with Crippen molar-refractivity contribution in [1.29, 1.82) is 0 Å². The molecule has 2 aromatic carbocycles. The van der Waals surface area contributed by atoms with E-state index in [1.807, 2.05) is 30.3 Å². The van der Waals surface area contributed by atoms with E-state index in [2.05, 4.69) is 4.98 Å². The van der Waals surface area contributed by atoms with Gasteiger partial charge < -0.3 is 9.15 Å². The topological polar surface area (TPSA) is 52.3 Å². The van der Waals surface area contributed by atoms with Gasteiger partial charge in [-0.25, -0.2) is 9.37 Å². The molecule has 0 saturated heterocycles. The van der Waals surface area contributed by atoms with Gasteiger partial charge in [0.25, 0.3) is 0 Å². The van der Waals surface area contributed by atoms with Crippen LogP contribution in [0.4, 0.5) is 4.39 Å². The average molecular weight is 325 g/mol. The number of esters is 1. The van der Waals surface area contributed by atoms with Crippen LogP contribution >= 0.6 is 0 Å². The SMILES string of the molecule is O=C(CCc1ncc(-c2ccc(F)cc2)o1)OCc1ccccc1.